The molecule has 11 heavy (non-hydrogen) atoms. The maximum Gasteiger partial charge on any atom is 0.0373 e. The summed E-state index contributed by atoms with van der Waals surface area (Å²) in [7, 11) is 0. The molecular weight excluding hydrogens is 172 g/mol. The molecule has 0 spiro atoms. The zero-order chi connectivity index (χ0) is 8.27. The van der Waals surface area contributed by atoms with Crippen LogP contribution in [0.1, 0.15) is 17.7 Å². The van der Waals surface area contributed by atoms with Crippen molar-refractivity contribution < 1.29 is 0 Å². The molecule has 0 saturated carbocycles. The lowest BCUT2D eigenvalue weighted by Gasteiger charge is -2.03. The van der Waals surface area contributed by atoms with E-state index in [1.165, 1.54) is 10.5 Å². The predicted molar refractivity (Wildman–Crippen MR) is 54.2 cm³/mol. The first-order valence-electron chi connectivity index (χ1n) is 3.54. The van der Waals surface area contributed by atoms with Crippen LogP contribution < -0.4 is 0 Å². The molecule has 1 rings (SSSR count). The molecule has 1 aromatic carbocycles. The van der Waals surface area contributed by atoms with Gasteiger partial charge in [0.05, 0.1) is 0 Å². The van der Waals surface area contributed by atoms with Crippen LogP contribution >= 0.6 is 24.4 Å². The molecule has 0 fully saturated rings. The maximum atomic E-state index is 5.12. The van der Waals surface area contributed by atoms with Crippen LogP contribution in [0.3, 0.4) is 0 Å². The number of benzene rings is 1. The number of hydrogen-bond acceptors (Lipinski definition) is 1. The Labute approximate surface area is 77.8 Å². The molecule has 1 radical (unpaired) electrons. The molecule has 1 aromatic rings. The molecule has 0 aliphatic rings. The van der Waals surface area contributed by atoms with E-state index >= 15 is 0 Å². The van der Waals surface area contributed by atoms with Gasteiger partial charge in [0.25, 0.3) is 0 Å². The molecule has 0 nitrogen and oxygen atoms in total. The first-order chi connectivity index (χ1) is 5.24. The van der Waals surface area contributed by atoms with E-state index in [2.05, 4.69) is 30.5 Å². The Morgan fingerprint density at radius 1 is 1.27 bits per heavy atom. The quantitative estimate of drug-likeness (QED) is 0.630. The van der Waals surface area contributed by atoms with Crippen molar-refractivity contribution in [2.45, 2.75) is 17.1 Å². The second-order valence-electron chi connectivity index (χ2n) is 2.42. The molecule has 0 saturated heterocycles. The lowest BCUT2D eigenvalue weighted by Crippen LogP contribution is -1.82. The summed E-state index contributed by atoms with van der Waals surface area (Å²) in [6.45, 7) is 2.03. The molecule has 0 aromatic heterocycles. The summed E-state index contributed by atoms with van der Waals surface area (Å²) in [5.41, 5.74) is 1.23. The number of thioether (sulfide) groups is 1. The second-order valence-corrected chi connectivity index (χ2v) is 4.00. The van der Waals surface area contributed by atoms with Crippen LogP contribution in [0.5, 0.6) is 0 Å². The molecular formula is C9H11S2. The highest BCUT2D eigenvalue weighted by Crippen LogP contribution is 2.21. The Morgan fingerprint density at radius 3 is 2.18 bits per heavy atom. The average molecular weight is 183 g/mol. The number of rotatable bonds is 2. The van der Waals surface area contributed by atoms with Gasteiger partial charge in [-0.15, -0.1) is 11.8 Å². The topological polar surface area (TPSA) is 0 Å². The number of hydrogen-bond donors (Lipinski definition) is 0. The van der Waals surface area contributed by atoms with E-state index < -0.39 is 0 Å². The first-order valence-corrected chi connectivity index (χ1v) is 5.23. The van der Waals surface area contributed by atoms with Crippen molar-refractivity contribution in [3.63, 3.8) is 0 Å². The van der Waals surface area contributed by atoms with Crippen molar-refractivity contribution in [2.75, 3.05) is 6.26 Å². The highest BCUT2D eigenvalue weighted by atomic mass is 32.2. The summed E-state index contributed by atoms with van der Waals surface area (Å²) in [4.78, 5) is 1.30. The predicted octanol–water partition coefficient (Wildman–Crippen LogP) is 3.67. The Bertz CT molecular complexity index is 214. The molecule has 0 heterocycles. The van der Waals surface area contributed by atoms with Gasteiger partial charge in [-0.2, -0.15) is 0 Å². The summed E-state index contributed by atoms with van der Waals surface area (Å²) in [6, 6.07) is 8.43. The Balaban J connectivity index is 2.83. The van der Waals surface area contributed by atoms with Gasteiger partial charge >= 0.3 is 0 Å². The summed E-state index contributed by atoms with van der Waals surface area (Å²) in [5, 5.41) is 0.228. The fourth-order valence-electron chi connectivity index (χ4n) is 0.875. The van der Waals surface area contributed by atoms with Gasteiger partial charge in [-0.25, -0.2) is 0 Å². The van der Waals surface area contributed by atoms with Crippen molar-refractivity contribution in [1.82, 2.24) is 0 Å². The fourth-order valence-corrected chi connectivity index (χ4v) is 1.44. The molecule has 0 aliphatic heterocycles. The van der Waals surface area contributed by atoms with Gasteiger partial charge in [-0.1, -0.05) is 24.8 Å². The third kappa shape index (κ3) is 2.46. The summed E-state index contributed by atoms with van der Waals surface area (Å²) in [6.07, 6.45) is 2.08. The van der Waals surface area contributed by atoms with Crippen LogP contribution in [0, 0.1) is 0 Å². The monoisotopic (exact) mass is 183 g/mol. The molecule has 1 unspecified atom stereocenters. The lowest BCUT2D eigenvalue weighted by atomic mass is 10.2. The highest BCUT2D eigenvalue weighted by Gasteiger charge is 1.98. The van der Waals surface area contributed by atoms with Gasteiger partial charge in [0.2, 0.25) is 0 Å². The van der Waals surface area contributed by atoms with Gasteiger partial charge in [-0.05, 0) is 30.9 Å². The zero-order valence-corrected chi connectivity index (χ0v) is 8.34. The maximum absolute atomic E-state index is 5.12. The van der Waals surface area contributed by atoms with Crippen LogP contribution in [-0.4, -0.2) is 6.26 Å². The van der Waals surface area contributed by atoms with Gasteiger partial charge in [0.1, 0.15) is 0 Å². The van der Waals surface area contributed by atoms with Crippen LogP contribution in [0.4, 0.5) is 0 Å². The smallest absolute Gasteiger partial charge is 0.0373 e. The minimum absolute atomic E-state index is 0.228. The van der Waals surface area contributed by atoms with Crippen LogP contribution in [0.25, 0.3) is 0 Å². The van der Waals surface area contributed by atoms with Gasteiger partial charge in [0, 0.05) is 10.1 Å². The Kier molecular flexibility index (Phi) is 3.34. The van der Waals surface area contributed by atoms with E-state index in [1.54, 1.807) is 11.8 Å². The molecule has 2 heteroatoms. The zero-order valence-electron chi connectivity index (χ0n) is 6.70. The van der Waals surface area contributed by atoms with Crippen molar-refractivity contribution >= 4 is 24.4 Å². The normalized spacial score (nSPS) is 13.0. The fraction of sp³-hybridized carbons (Fsp3) is 0.333. The highest BCUT2D eigenvalue weighted by molar-refractivity contribution is 7.98. The lowest BCUT2D eigenvalue weighted by molar-refractivity contribution is 1.10. The van der Waals surface area contributed by atoms with Gasteiger partial charge in [-0.3, -0.25) is 0 Å². The Hall–Kier alpha value is -0.0800. The van der Waals surface area contributed by atoms with Gasteiger partial charge < -0.3 is 0 Å². The van der Waals surface area contributed by atoms with Crippen LogP contribution in [-0.2, 0) is 0 Å². The van der Waals surface area contributed by atoms with E-state index in [-0.39, 0.29) is 5.25 Å². The second kappa shape index (κ2) is 4.07. The van der Waals surface area contributed by atoms with Crippen LogP contribution in [0.2, 0.25) is 0 Å². The summed E-state index contributed by atoms with van der Waals surface area (Å²) in [5.74, 6) is 0. The van der Waals surface area contributed by atoms with E-state index in [0.29, 0.717) is 0 Å². The van der Waals surface area contributed by atoms with Crippen molar-refractivity contribution in [3.05, 3.63) is 29.8 Å². The SMILES string of the molecule is CSc1ccc(C(C)[S])cc1. The molecule has 0 bridgehead atoms. The standard InChI is InChI=1S/C9H11S2/c1-7(10)8-3-5-9(11-2)6-4-8/h3-7H,1-2H3. The van der Waals surface area contributed by atoms with E-state index in [0.717, 1.165) is 0 Å². The van der Waals surface area contributed by atoms with E-state index in [1.807, 2.05) is 6.92 Å². The van der Waals surface area contributed by atoms with E-state index in [4.69, 9.17) is 12.6 Å². The molecule has 0 aliphatic carbocycles. The largest absolute Gasteiger partial charge is 0.130 e. The van der Waals surface area contributed by atoms with E-state index in [9.17, 15) is 0 Å². The molecule has 59 valence electrons. The minimum Gasteiger partial charge on any atom is -0.130 e. The molecule has 0 N–H and O–H groups in total. The third-order valence-corrected chi connectivity index (χ3v) is 2.60. The summed E-state index contributed by atoms with van der Waals surface area (Å²) < 4.78 is 0. The molecule has 0 amide bonds. The Morgan fingerprint density at radius 2 is 1.82 bits per heavy atom. The first kappa shape index (κ1) is 9.01. The van der Waals surface area contributed by atoms with Crippen molar-refractivity contribution in [2.24, 2.45) is 0 Å². The molecule has 1 atom stereocenters. The van der Waals surface area contributed by atoms with Crippen molar-refractivity contribution in [3.8, 4) is 0 Å². The average Bonchev–Trinajstić information content (AvgIpc) is 2.05. The van der Waals surface area contributed by atoms with Gasteiger partial charge in [0.15, 0.2) is 0 Å². The van der Waals surface area contributed by atoms with Crippen LogP contribution in [0.15, 0.2) is 29.2 Å². The van der Waals surface area contributed by atoms with Crippen molar-refractivity contribution in [1.29, 1.82) is 0 Å². The minimum atomic E-state index is 0.228. The third-order valence-electron chi connectivity index (χ3n) is 1.59. The summed E-state index contributed by atoms with van der Waals surface area (Å²) >= 11 is 6.87.